The van der Waals surface area contributed by atoms with Crippen LogP contribution in [-0.4, -0.2) is 40.4 Å². The molecule has 1 aliphatic rings. The smallest absolute Gasteiger partial charge is 0.0524 e. The first kappa shape index (κ1) is 12.6. The minimum atomic E-state index is 0.704. The molecular formula is C13H24N4. The summed E-state index contributed by atoms with van der Waals surface area (Å²) >= 11 is 0. The Morgan fingerprint density at radius 1 is 1.53 bits per heavy atom. The minimum Gasteiger partial charge on any atom is -0.315 e. The molecule has 0 aromatic carbocycles. The van der Waals surface area contributed by atoms with Gasteiger partial charge in [-0.15, -0.1) is 0 Å². The van der Waals surface area contributed by atoms with Gasteiger partial charge in [0.1, 0.15) is 0 Å². The average Bonchev–Trinajstić information content (AvgIpc) is 2.99. The van der Waals surface area contributed by atoms with E-state index in [9.17, 15) is 0 Å². The molecule has 4 heteroatoms. The molecule has 1 saturated heterocycles. The van der Waals surface area contributed by atoms with Crippen LogP contribution >= 0.6 is 0 Å². The van der Waals surface area contributed by atoms with Crippen LogP contribution in [0.2, 0.25) is 0 Å². The Labute approximate surface area is 104 Å². The van der Waals surface area contributed by atoms with E-state index in [2.05, 4.69) is 39.9 Å². The van der Waals surface area contributed by atoms with E-state index in [1.165, 1.54) is 25.1 Å². The fraction of sp³-hybridized carbons (Fsp3) is 0.769. The molecule has 0 amide bonds. The second-order valence-electron chi connectivity index (χ2n) is 4.76. The summed E-state index contributed by atoms with van der Waals surface area (Å²) in [5, 5.41) is 7.80. The second kappa shape index (κ2) is 6.17. The van der Waals surface area contributed by atoms with Gasteiger partial charge in [-0.2, -0.15) is 5.10 Å². The number of rotatable bonds is 6. The van der Waals surface area contributed by atoms with Crippen molar-refractivity contribution in [3.8, 4) is 0 Å². The molecule has 0 spiro atoms. The zero-order chi connectivity index (χ0) is 12.1. The molecule has 96 valence electrons. The molecular weight excluding hydrogens is 212 g/mol. The van der Waals surface area contributed by atoms with Gasteiger partial charge in [0.2, 0.25) is 0 Å². The highest BCUT2D eigenvalue weighted by atomic mass is 15.3. The van der Waals surface area contributed by atoms with Crippen molar-refractivity contribution in [1.29, 1.82) is 0 Å². The van der Waals surface area contributed by atoms with Gasteiger partial charge in [-0.25, -0.2) is 0 Å². The van der Waals surface area contributed by atoms with Crippen LogP contribution in [-0.2, 0) is 13.1 Å². The van der Waals surface area contributed by atoms with Crippen LogP contribution in [0.4, 0.5) is 0 Å². The van der Waals surface area contributed by atoms with Crippen molar-refractivity contribution in [3.63, 3.8) is 0 Å². The van der Waals surface area contributed by atoms with Crippen LogP contribution in [0.25, 0.3) is 0 Å². The Morgan fingerprint density at radius 2 is 2.41 bits per heavy atom. The Bertz CT molecular complexity index is 328. The van der Waals surface area contributed by atoms with Gasteiger partial charge >= 0.3 is 0 Å². The van der Waals surface area contributed by atoms with E-state index in [0.717, 1.165) is 26.2 Å². The van der Waals surface area contributed by atoms with Gasteiger partial charge in [-0.1, -0.05) is 6.92 Å². The van der Waals surface area contributed by atoms with Crippen molar-refractivity contribution >= 4 is 0 Å². The molecule has 1 atom stereocenters. The molecule has 1 aromatic heterocycles. The summed E-state index contributed by atoms with van der Waals surface area (Å²) in [6.07, 6.45) is 4.41. The summed E-state index contributed by atoms with van der Waals surface area (Å²) in [7, 11) is 0. The minimum absolute atomic E-state index is 0.704. The van der Waals surface area contributed by atoms with Crippen LogP contribution in [0, 0.1) is 0 Å². The van der Waals surface area contributed by atoms with Crippen molar-refractivity contribution < 1.29 is 0 Å². The highest BCUT2D eigenvalue weighted by Crippen LogP contribution is 2.13. The van der Waals surface area contributed by atoms with Crippen molar-refractivity contribution in [3.05, 3.63) is 18.0 Å². The summed E-state index contributed by atoms with van der Waals surface area (Å²) in [4.78, 5) is 2.60. The van der Waals surface area contributed by atoms with Gasteiger partial charge in [-0.3, -0.25) is 9.58 Å². The average molecular weight is 236 g/mol. The summed E-state index contributed by atoms with van der Waals surface area (Å²) in [5.41, 5.74) is 1.34. The Balaban J connectivity index is 2.01. The van der Waals surface area contributed by atoms with Crippen molar-refractivity contribution in [2.75, 3.05) is 19.6 Å². The zero-order valence-electron chi connectivity index (χ0n) is 11.0. The summed E-state index contributed by atoms with van der Waals surface area (Å²) < 4.78 is 2.10. The Kier molecular flexibility index (Phi) is 4.57. The molecule has 17 heavy (non-hydrogen) atoms. The number of aromatic nitrogens is 2. The van der Waals surface area contributed by atoms with Crippen molar-refractivity contribution in [1.82, 2.24) is 20.0 Å². The normalized spacial score (nSPS) is 20.3. The van der Waals surface area contributed by atoms with Gasteiger partial charge in [0.05, 0.1) is 5.69 Å². The first-order valence-electron chi connectivity index (χ1n) is 6.80. The highest BCUT2D eigenvalue weighted by molar-refractivity contribution is 5.01. The van der Waals surface area contributed by atoms with Crippen molar-refractivity contribution in [2.24, 2.45) is 0 Å². The van der Waals surface area contributed by atoms with Crippen LogP contribution in [0.15, 0.2) is 12.3 Å². The molecule has 2 rings (SSSR count). The van der Waals surface area contributed by atoms with Crippen LogP contribution < -0.4 is 5.32 Å². The van der Waals surface area contributed by atoms with Crippen LogP contribution in [0.5, 0.6) is 0 Å². The van der Waals surface area contributed by atoms with E-state index in [1.807, 2.05) is 6.20 Å². The molecule has 4 nitrogen and oxygen atoms in total. The zero-order valence-corrected chi connectivity index (χ0v) is 11.0. The Hall–Kier alpha value is -0.870. The molecule has 0 saturated carbocycles. The predicted molar refractivity (Wildman–Crippen MR) is 69.9 cm³/mol. The molecule has 1 aliphatic heterocycles. The molecule has 0 aliphatic carbocycles. The quantitative estimate of drug-likeness (QED) is 0.812. The van der Waals surface area contributed by atoms with E-state index in [1.54, 1.807) is 0 Å². The summed E-state index contributed by atoms with van der Waals surface area (Å²) in [6.45, 7) is 9.89. The number of hydrogen-bond acceptors (Lipinski definition) is 3. The fourth-order valence-electron chi connectivity index (χ4n) is 2.62. The number of aryl methyl sites for hydroxylation is 1. The molecule has 0 bridgehead atoms. The van der Waals surface area contributed by atoms with E-state index < -0.39 is 0 Å². The van der Waals surface area contributed by atoms with Gasteiger partial charge in [0.15, 0.2) is 0 Å². The van der Waals surface area contributed by atoms with Gasteiger partial charge in [0, 0.05) is 31.9 Å². The lowest BCUT2D eigenvalue weighted by atomic mass is 10.2. The first-order valence-corrected chi connectivity index (χ1v) is 6.80. The van der Waals surface area contributed by atoms with Gasteiger partial charge < -0.3 is 5.32 Å². The van der Waals surface area contributed by atoms with Gasteiger partial charge in [-0.05, 0) is 38.9 Å². The number of nitrogens with one attached hydrogen (secondary N) is 1. The van der Waals surface area contributed by atoms with E-state index >= 15 is 0 Å². The number of nitrogens with zero attached hydrogens (tertiary/aromatic N) is 3. The fourth-order valence-corrected chi connectivity index (χ4v) is 2.62. The lowest BCUT2D eigenvalue weighted by Crippen LogP contribution is -2.37. The van der Waals surface area contributed by atoms with E-state index in [-0.39, 0.29) is 0 Å². The van der Waals surface area contributed by atoms with Gasteiger partial charge in [0.25, 0.3) is 0 Å². The third-order valence-corrected chi connectivity index (χ3v) is 3.53. The monoisotopic (exact) mass is 236 g/mol. The summed E-state index contributed by atoms with van der Waals surface area (Å²) in [5.74, 6) is 0. The molecule has 1 aromatic rings. The lowest BCUT2D eigenvalue weighted by molar-refractivity contribution is 0.194. The molecule has 1 unspecified atom stereocenters. The summed E-state index contributed by atoms with van der Waals surface area (Å²) in [6, 6.07) is 2.85. The number of hydrogen-bond donors (Lipinski definition) is 1. The topological polar surface area (TPSA) is 33.1 Å². The molecule has 1 N–H and O–H groups in total. The SMILES string of the molecule is CCCN(Cc1ccnn1CC)C1CCNC1. The lowest BCUT2D eigenvalue weighted by Gasteiger charge is -2.28. The largest absolute Gasteiger partial charge is 0.315 e. The Morgan fingerprint density at radius 3 is 3.06 bits per heavy atom. The first-order chi connectivity index (χ1) is 8.35. The maximum Gasteiger partial charge on any atom is 0.0524 e. The van der Waals surface area contributed by atoms with E-state index in [4.69, 9.17) is 0 Å². The van der Waals surface area contributed by atoms with Crippen molar-refractivity contribution in [2.45, 2.75) is 45.8 Å². The third kappa shape index (κ3) is 3.07. The molecule has 0 radical (unpaired) electrons. The maximum absolute atomic E-state index is 4.35. The van der Waals surface area contributed by atoms with E-state index in [0.29, 0.717) is 6.04 Å². The molecule has 1 fully saturated rings. The highest BCUT2D eigenvalue weighted by Gasteiger charge is 2.22. The predicted octanol–water partition coefficient (Wildman–Crippen LogP) is 1.48. The third-order valence-electron chi connectivity index (χ3n) is 3.53. The second-order valence-corrected chi connectivity index (χ2v) is 4.76. The molecule has 2 heterocycles. The maximum atomic E-state index is 4.35. The van der Waals surface area contributed by atoms with Crippen LogP contribution in [0.1, 0.15) is 32.4 Å². The standard InChI is InChI=1S/C13H24N4/c1-3-9-16(12-5-7-14-10-12)11-13-6-8-15-17(13)4-2/h6,8,12,14H,3-5,7,9-11H2,1-2H3. The van der Waals surface area contributed by atoms with Crippen LogP contribution in [0.3, 0.4) is 0 Å².